The van der Waals surface area contributed by atoms with Crippen molar-refractivity contribution in [2.45, 2.75) is 18.3 Å². The van der Waals surface area contributed by atoms with E-state index >= 15 is 0 Å². The molecule has 0 aliphatic heterocycles. The predicted molar refractivity (Wildman–Crippen MR) is 111 cm³/mol. The summed E-state index contributed by atoms with van der Waals surface area (Å²) in [6.07, 6.45) is 5.86. The van der Waals surface area contributed by atoms with Gasteiger partial charge in [-0.25, -0.2) is 0 Å². The molecule has 0 heterocycles. The normalized spacial score (nSPS) is 21.0. The number of hydrogen-bond acceptors (Lipinski definition) is 3. The highest BCUT2D eigenvalue weighted by atomic mass is 35.5. The molecule has 6 heteroatoms. The van der Waals surface area contributed by atoms with Crippen molar-refractivity contribution in [3.05, 3.63) is 89.0 Å². The number of carbonyl (C=O) groups excluding carboxylic acids is 2. The quantitative estimate of drug-likeness (QED) is 0.318. The van der Waals surface area contributed by atoms with E-state index in [1.165, 1.54) is 0 Å². The van der Waals surface area contributed by atoms with Gasteiger partial charge in [-0.3, -0.25) is 9.59 Å². The van der Waals surface area contributed by atoms with Crippen molar-refractivity contribution >= 4 is 35.1 Å². The monoisotopic (exact) mass is 415 g/mol. The minimum absolute atomic E-state index is 0.278. The van der Waals surface area contributed by atoms with Crippen LogP contribution in [-0.2, 0) is 4.79 Å². The topological polar surface area (TPSA) is 55.4 Å². The number of rotatable bonds is 5. The largest absolute Gasteiger partial charge is 0.426 e. The van der Waals surface area contributed by atoms with Crippen LogP contribution in [0.5, 0.6) is 5.75 Å². The van der Waals surface area contributed by atoms with Crippen LogP contribution in [-0.4, -0.2) is 16.9 Å². The lowest BCUT2D eigenvalue weighted by molar-refractivity contribution is -0.138. The van der Waals surface area contributed by atoms with E-state index in [9.17, 15) is 9.59 Å². The third-order valence-corrected chi connectivity index (χ3v) is 5.17. The number of benzene rings is 2. The molecule has 0 spiro atoms. The summed E-state index contributed by atoms with van der Waals surface area (Å²) in [4.78, 5) is 24.1. The molecule has 1 aliphatic carbocycles. The lowest BCUT2D eigenvalue weighted by Gasteiger charge is -2.33. The van der Waals surface area contributed by atoms with E-state index in [0.717, 1.165) is 5.57 Å². The highest BCUT2D eigenvalue weighted by Gasteiger charge is 2.43. The summed E-state index contributed by atoms with van der Waals surface area (Å²) < 4.78 is 5.45. The fraction of sp³-hybridized carbons (Fsp3) is 0.182. The van der Waals surface area contributed by atoms with Crippen LogP contribution in [0.1, 0.15) is 23.7 Å². The number of nitrogens with one attached hydrogen (secondary N) is 1. The van der Waals surface area contributed by atoms with E-state index < -0.39 is 22.8 Å². The number of halogens is 2. The molecule has 1 amide bonds. The molecule has 0 bridgehead atoms. The molecule has 2 aromatic carbocycles. The zero-order chi connectivity index (χ0) is 20.1. The molecule has 2 unspecified atom stereocenters. The van der Waals surface area contributed by atoms with E-state index in [4.69, 9.17) is 27.9 Å². The fourth-order valence-electron chi connectivity index (χ4n) is 2.91. The molecule has 0 aromatic heterocycles. The lowest BCUT2D eigenvalue weighted by Crippen LogP contribution is -2.52. The zero-order valence-electron chi connectivity index (χ0n) is 15.2. The molecule has 1 N–H and O–H groups in total. The van der Waals surface area contributed by atoms with E-state index in [1.807, 2.05) is 19.1 Å². The summed E-state index contributed by atoms with van der Waals surface area (Å²) in [6, 6.07) is 15.4. The number of carbonyl (C=O) groups is 2. The van der Waals surface area contributed by atoms with Crippen molar-refractivity contribution in [3.63, 3.8) is 0 Å². The van der Waals surface area contributed by atoms with Crippen molar-refractivity contribution in [3.8, 4) is 5.75 Å². The SMILES string of the molecule is CCC1=CC(Cl)(NC(=O)c2ccccc2Cl)C(C(=O)Oc2ccccc2)C=C1. The first-order chi connectivity index (χ1) is 13.4. The van der Waals surface area contributed by atoms with Gasteiger partial charge in [0.15, 0.2) is 5.00 Å². The number of alkyl halides is 1. The highest BCUT2D eigenvalue weighted by Crippen LogP contribution is 2.34. The summed E-state index contributed by atoms with van der Waals surface area (Å²) in [5.74, 6) is -1.54. The third-order valence-electron chi connectivity index (χ3n) is 4.40. The Morgan fingerprint density at radius 1 is 1.11 bits per heavy atom. The summed E-state index contributed by atoms with van der Waals surface area (Å²) in [5.41, 5.74) is 1.18. The summed E-state index contributed by atoms with van der Waals surface area (Å²) in [5, 5.41) is 3.05. The number of amides is 1. The van der Waals surface area contributed by atoms with Gasteiger partial charge in [-0.1, -0.05) is 72.6 Å². The van der Waals surface area contributed by atoms with Crippen LogP contribution in [0, 0.1) is 5.92 Å². The van der Waals surface area contributed by atoms with Gasteiger partial charge in [0.05, 0.1) is 10.6 Å². The van der Waals surface area contributed by atoms with Gasteiger partial charge in [0.25, 0.3) is 5.91 Å². The molecular formula is C22H19Cl2NO3. The standard InChI is InChI=1S/C22H19Cl2NO3/c1-2-15-12-13-18(21(27)28-16-8-4-3-5-9-16)22(24,14-15)25-20(26)17-10-6-7-11-19(17)23/h3-14,18H,2H2,1H3,(H,25,26). The van der Waals surface area contributed by atoms with Crippen LogP contribution in [0.4, 0.5) is 0 Å². The number of ether oxygens (including phenoxy) is 1. The molecule has 144 valence electrons. The summed E-state index contributed by atoms with van der Waals surface area (Å²) in [6.45, 7) is 1.96. The Balaban J connectivity index is 1.87. The average Bonchev–Trinajstić information content (AvgIpc) is 2.68. The molecule has 3 rings (SSSR count). The minimum Gasteiger partial charge on any atom is -0.426 e. The Labute approximate surface area is 173 Å². The second-order valence-corrected chi connectivity index (χ2v) is 7.38. The van der Waals surface area contributed by atoms with Crippen molar-refractivity contribution in [2.24, 2.45) is 5.92 Å². The highest BCUT2D eigenvalue weighted by molar-refractivity contribution is 6.34. The van der Waals surface area contributed by atoms with Crippen molar-refractivity contribution in [2.75, 3.05) is 0 Å². The van der Waals surface area contributed by atoms with Crippen LogP contribution < -0.4 is 10.1 Å². The van der Waals surface area contributed by atoms with Crippen molar-refractivity contribution < 1.29 is 14.3 Å². The van der Waals surface area contributed by atoms with Crippen molar-refractivity contribution in [1.29, 1.82) is 0 Å². The predicted octanol–water partition coefficient (Wildman–Crippen LogP) is 5.13. The number of allylic oxidation sites excluding steroid dienone is 2. The first kappa shape index (κ1) is 20.2. The molecule has 2 aromatic rings. The van der Waals surface area contributed by atoms with E-state index in [0.29, 0.717) is 17.2 Å². The smallest absolute Gasteiger partial charge is 0.322 e. The molecule has 4 nitrogen and oxygen atoms in total. The van der Waals surface area contributed by atoms with Gasteiger partial charge in [0.2, 0.25) is 0 Å². The van der Waals surface area contributed by atoms with Crippen LogP contribution in [0.15, 0.2) is 78.4 Å². The third kappa shape index (κ3) is 4.46. The van der Waals surface area contributed by atoms with E-state index in [-0.39, 0.29) is 5.56 Å². The Morgan fingerprint density at radius 3 is 2.46 bits per heavy atom. The van der Waals surface area contributed by atoms with Gasteiger partial charge < -0.3 is 10.1 Å². The van der Waals surface area contributed by atoms with Crippen LogP contribution in [0.25, 0.3) is 0 Å². The van der Waals surface area contributed by atoms with Gasteiger partial charge in [-0.2, -0.15) is 0 Å². The van der Waals surface area contributed by atoms with E-state index in [2.05, 4.69) is 5.32 Å². The number of hydrogen-bond donors (Lipinski definition) is 1. The Bertz CT molecular complexity index is 940. The summed E-state index contributed by atoms with van der Waals surface area (Å²) in [7, 11) is 0. The Hall–Kier alpha value is -2.56. The molecular weight excluding hydrogens is 397 g/mol. The van der Waals surface area contributed by atoms with Crippen LogP contribution in [0.2, 0.25) is 5.02 Å². The molecule has 0 fully saturated rings. The second kappa shape index (κ2) is 8.63. The van der Waals surface area contributed by atoms with Crippen LogP contribution in [0.3, 0.4) is 0 Å². The Kier molecular flexibility index (Phi) is 6.22. The Morgan fingerprint density at radius 2 is 1.79 bits per heavy atom. The van der Waals surface area contributed by atoms with Gasteiger partial charge in [0.1, 0.15) is 11.7 Å². The maximum atomic E-state index is 12.8. The second-order valence-electron chi connectivity index (χ2n) is 6.35. The molecule has 0 radical (unpaired) electrons. The van der Waals surface area contributed by atoms with E-state index in [1.54, 1.807) is 60.7 Å². The van der Waals surface area contributed by atoms with Gasteiger partial charge >= 0.3 is 5.97 Å². The molecule has 2 atom stereocenters. The minimum atomic E-state index is -1.47. The first-order valence-electron chi connectivity index (χ1n) is 8.85. The maximum Gasteiger partial charge on any atom is 0.322 e. The lowest BCUT2D eigenvalue weighted by atomic mass is 9.89. The number of esters is 1. The maximum absolute atomic E-state index is 12.8. The molecule has 0 saturated heterocycles. The van der Waals surface area contributed by atoms with Gasteiger partial charge in [-0.05, 0) is 42.3 Å². The summed E-state index contributed by atoms with van der Waals surface area (Å²) >= 11 is 12.9. The fourth-order valence-corrected chi connectivity index (χ4v) is 3.52. The zero-order valence-corrected chi connectivity index (χ0v) is 16.7. The molecule has 28 heavy (non-hydrogen) atoms. The first-order valence-corrected chi connectivity index (χ1v) is 9.61. The van der Waals surface area contributed by atoms with Gasteiger partial charge in [0, 0.05) is 0 Å². The van der Waals surface area contributed by atoms with Gasteiger partial charge in [-0.15, -0.1) is 0 Å². The number of para-hydroxylation sites is 1. The van der Waals surface area contributed by atoms with Crippen LogP contribution >= 0.6 is 23.2 Å². The average molecular weight is 416 g/mol. The van der Waals surface area contributed by atoms with Crippen molar-refractivity contribution in [1.82, 2.24) is 5.32 Å². The molecule has 1 aliphatic rings. The molecule has 0 saturated carbocycles.